The third-order valence-electron chi connectivity index (χ3n) is 8.13. The molecule has 0 aromatic heterocycles. The number of carbonyl (C=O) groups is 2. The summed E-state index contributed by atoms with van der Waals surface area (Å²) < 4.78 is 18.5. The Labute approximate surface area is 237 Å². The summed E-state index contributed by atoms with van der Waals surface area (Å²) >= 11 is 0. The zero-order chi connectivity index (χ0) is 28.1. The lowest BCUT2D eigenvalue weighted by atomic mass is 9.90. The van der Waals surface area contributed by atoms with Gasteiger partial charge < -0.3 is 19.1 Å². The topological polar surface area (TPSA) is 65.1 Å². The van der Waals surface area contributed by atoms with E-state index in [1.54, 1.807) is 11.8 Å². The van der Waals surface area contributed by atoms with Crippen molar-refractivity contribution in [1.82, 2.24) is 4.90 Å². The smallest absolute Gasteiger partial charge is 0.329 e. The number of benzene rings is 3. The molecule has 0 saturated heterocycles. The number of carbonyl (C=O) groups excluding carboxylic acids is 2. The molecule has 6 heteroatoms. The summed E-state index contributed by atoms with van der Waals surface area (Å²) in [5, 5.41) is 0. The Morgan fingerprint density at radius 2 is 1.65 bits per heavy atom. The number of ether oxygens (including phenoxy) is 3. The Balaban J connectivity index is 1.48. The van der Waals surface area contributed by atoms with Crippen LogP contribution >= 0.6 is 0 Å². The van der Waals surface area contributed by atoms with Crippen molar-refractivity contribution in [3.63, 3.8) is 0 Å². The number of hydrogen-bond acceptors (Lipinski definition) is 5. The molecule has 1 amide bonds. The predicted molar refractivity (Wildman–Crippen MR) is 154 cm³/mol. The predicted octanol–water partition coefficient (Wildman–Crippen LogP) is 6.48. The molecule has 1 aliphatic carbocycles. The van der Waals surface area contributed by atoms with Gasteiger partial charge in [0.2, 0.25) is 0 Å². The van der Waals surface area contributed by atoms with Crippen molar-refractivity contribution in [2.24, 2.45) is 0 Å². The third-order valence-corrected chi connectivity index (χ3v) is 8.13. The maximum atomic E-state index is 14.4. The number of hydrogen-bond donors (Lipinski definition) is 0. The van der Waals surface area contributed by atoms with E-state index in [1.165, 1.54) is 0 Å². The highest BCUT2D eigenvalue weighted by atomic mass is 16.5. The quantitative estimate of drug-likeness (QED) is 0.290. The summed E-state index contributed by atoms with van der Waals surface area (Å²) in [6.45, 7) is 6.84. The van der Waals surface area contributed by atoms with Crippen molar-refractivity contribution in [3.8, 4) is 5.75 Å². The fourth-order valence-corrected chi connectivity index (χ4v) is 5.93. The second kappa shape index (κ2) is 12.3. The Morgan fingerprint density at radius 3 is 2.33 bits per heavy atom. The molecule has 1 aliphatic heterocycles. The summed E-state index contributed by atoms with van der Waals surface area (Å²) in [6, 6.07) is 22.9. The lowest BCUT2D eigenvalue weighted by Crippen LogP contribution is -2.52. The molecule has 0 bridgehead atoms. The molecule has 0 spiro atoms. The van der Waals surface area contributed by atoms with Crippen molar-refractivity contribution in [2.75, 3.05) is 6.61 Å². The SMILES string of the molecule is CCOC(=O)[C@@H]1Cc2c(ccc(C)c2OCc2ccccc2)CN1C(=O)C(OC1(C)CCCC1)c1ccccc1. The number of nitrogens with zero attached hydrogens (tertiary/aromatic N) is 1. The van der Waals surface area contributed by atoms with Gasteiger partial charge in [0.15, 0.2) is 6.10 Å². The summed E-state index contributed by atoms with van der Waals surface area (Å²) in [6.07, 6.45) is 3.51. The Kier molecular flexibility index (Phi) is 8.55. The summed E-state index contributed by atoms with van der Waals surface area (Å²) in [7, 11) is 0. The van der Waals surface area contributed by atoms with E-state index in [0.29, 0.717) is 13.0 Å². The van der Waals surface area contributed by atoms with E-state index in [-0.39, 0.29) is 24.7 Å². The average Bonchev–Trinajstić information content (AvgIpc) is 3.41. The van der Waals surface area contributed by atoms with Gasteiger partial charge in [0.05, 0.1) is 12.2 Å². The zero-order valence-electron chi connectivity index (χ0n) is 23.7. The number of aryl methyl sites for hydroxylation is 1. The first-order valence-corrected chi connectivity index (χ1v) is 14.4. The molecule has 210 valence electrons. The van der Waals surface area contributed by atoms with Crippen molar-refractivity contribution in [1.29, 1.82) is 0 Å². The van der Waals surface area contributed by atoms with Gasteiger partial charge in [-0.15, -0.1) is 0 Å². The van der Waals surface area contributed by atoms with Gasteiger partial charge in [0.1, 0.15) is 18.4 Å². The molecule has 3 aromatic rings. The van der Waals surface area contributed by atoms with Crippen molar-refractivity contribution in [2.45, 2.75) is 83.8 Å². The first-order valence-electron chi connectivity index (χ1n) is 14.4. The largest absolute Gasteiger partial charge is 0.488 e. The van der Waals surface area contributed by atoms with Crippen LogP contribution in [0.3, 0.4) is 0 Å². The molecule has 6 nitrogen and oxygen atoms in total. The van der Waals surface area contributed by atoms with Crippen LogP contribution in [0, 0.1) is 6.92 Å². The minimum Gasteiger partial charge on any atom is -0.488 e. The molecule has 3 aromatic carbocycles. The van der Waals surface area contributed by atoms with E-state index in [4.69, 9.17) is 14.2 Å². The van der Waals surface area contributed by atoms with Gasteiger partial charge >= 0.3 is 5.97 Å². The minimum atomic E-state index is -0.804. The molecule has 1 saturated carbocycles. The first-order chi connectivity index (χ1) is 19.4. The van der Waals surface area contributed by atoms with Crippen LogP contribution in [0.2, 0.25) is 0 Å². The lowest BCUT2D eigenvalue weighted by Gasteiger charge is -2.39. The molecule has 1 unspecified atom stereocenters. The van der Waals surface area contributed by atoms with Crippen LogP contribution in [0.5, 0.6) is 5.75 Å². The molecule has 0 radical (unpaired) electrons. The molecular weight excluding hydrogens is 502 g/mol. The zero-order valence-corrected chi connectivity index (χ0v) is 23.7. The molecule has 1 fully saturated rings. The second-order valence-corrected chi connectivity index (χ2v) is 11.1. The van der Waals surface area contributed by atoms with Crippen LogP contribution in [-0.4, -0.2) is 35.0 Å². The van der Waals surface area contributed by atoms with Gasteiger partial charge in [0.25, 0.3) is 5.91 Å². The van der Waals surface area contributed by atoms with E-state index in [1.807, 2.05) is 79.7 Å². The maximum absolute atomic E-state index is 14.4. The van der Waals surface area contributed by atoms with Gasteiger partial charge in [-0.25, -0.2) is 4.79 Å². The maximum Gasteiger partial charge on any atom is 0.329 e. The standard InChI is InChI=1S/C34H39NO5/c1-4-38-33(37)29-21-28-27(18-17-24(2)30(28)39-23-25-13-7-5-8-14-25)22-35(29)32(36)31(26-15-9-6-10-16-26)40-34(3)19-11-12-20-34/h5-10,13-18,29,31H,4,11-12,19-23H2,1-3H3/t29-,31?/m0/s1. The second-order valence-electron chi connectivity index (χ2n) is 11.1. The van der Waals surface area contributed by atoms with Gasteiger partial charge in [-0.2, -0.15) is 0 Å². The number of fused-ring (bicyclic) bond motifs is 1. The fourth-order valence-electron chi connectivity index (χ4n) is 5.93. The van der Waals surface area contributed by atoms with Gasteiger partial charge in [-0.3, -0.25) is 4.79 Å². The van der Waals surface area contributed by atoms with Crippen LogP contribution in [0.25, 0.3) is 0 Å². The van der Waals surface area contributed by atoms with Crippen molar-refractivity contribution in [3.05, 3.63) is 101 Å². The van der Waals surface area contributed by atoms with Crippen molar-refractivity contribution >= 4 is 11.9 Å². The highest BCUT2D eigenvalue weighted by Crippen LogP contribution is 2.40. The van der Waals surface area contributed by atoms with Crippen LogP contribution < -0.4 is 4.74 Å². The highest BCUT2D eigenvalue weighted by Gasteiger charge is 2.43. The summed E-state index contributed by atoms with van der Waals surface area (Å²) in [4.78, 5) is 29.4. The van der Waals surface area contributed by atoms with Crippen LogP contribution in [0.1, 0.15) is 73.5 Å². The van der Waals surface area contributed by atoms with Gasteiger partial charge in [-0.1, -0.05) is 85.6 Å². The molecule has 5 rings (SSSR count). The van der Waals surface area contributed by atoms with E-state index in [9.17, 15) is 9.59 Å². The minimum absolute atomic E-state index is 0.213. The molecule has 0 N–H and O–H groups in total. The van der Waals surface area contributed by atoms with Crippen LogP contribution in [0.4, 0.5) is 0 Å². The number of amides is 1. The Morgan fingerprint density at radius 1 is 0.975 bits per heavy atom. The average molecular weight is 542 g/mol. The monoisotopic (exact) mass is 541 g/mol. The molecule has 2 aliphatic rings. The summed E-state index contributed by atoms with van der Waals surface area (Å²) in [5.74, 6) is 0.156. The third kappa shape index (κ3) is 6.07. The molecular formula is C34H39NO5. The van der Waals surface area contributed by atoms with Crippen LogP contribution in [-0.2, 0) is 38.6 Å². The van der Waals surface area contributed by atoms with Gasteiger partial charge in [-0.05, 0) is 55.9 Å². The van der Waals surface area contributed by atoms with Crippen molar-refractivity contribution < 1.29 is 23.8 Å². The normalized spacial score (nSPS) is 18.6. The highest BCUT2D eigenvalue weighted by molar-refractivity contribution is 5.89. The molecule has 1 heterocycles. The molecule has 2 atom stereocenters. The Hall–Kier alpha value is -3.64. The number of rotatable bonds is 9. The molecule has 40 heavy (non-hydrogen) atoms. The van der Waals surface area contributed by atoms with Crippen LogP contribution in [0.15, 0.2) is 72.8 Å². The van der Waals surface area contributed by atoms with E-state index in [0.717, 1.165) is 59.3 Å². The fraction of sp³-hybridized carbons (Fsp3) is 0.412. The lowest BCUT2D eigenvalue weighted by molar-refractivity contribution is -0.168. The van der Waals surface area contributed by atoms with Gasteiger partial charge in [0, 0.05) is 18.5 Å². The number of esters is 1. The van der Waals surface area contributed by atoms with E-state index < -0.39 is 18.1 Å². The summed E-state index contributed by atoms with van der Waals surface area (Å²) in [5.41, 5.74) is 4.41. The van der Waals surface area contributed by atoms with E-state index in [2.05, 4.69) is 6.92 Å². The first kappa shape index (κ1) is 27.9. The van der Waals surface area contributed by atoms with E-state index >= 15 is 0 Å². The Bertz CT molecular complexity index is 1320.